The fourth-order valence-electron chi connectivity index (χ4n) is 1.83. The molecule has 3 aromatic rings. The molecule has 0 spiro atoms. The zero-order valence-corrected chi connectivity index (χ0v) is 11.4. The number of hydrogen-bond donors (Lipinski definition) is 1. The topological polar surface area (TPSA) is 37.8 Å². The molecule has 0 fully saturated rings. The number of aromatic nitrogens is 2. The molecule has 3 nitrogen and oxygen atoms in total. The summed E-state index contributed by atoms with van der Waals surface area (Å²) in [6, 6.07) is 9.40. The first kappa shape index (κ1) is 12.3. The van der Waals surface area contributed by atoms with E-state index in [1.165, 1.54) is 18.2 Å². The molecule has 2 aromatic carbocycles. The van der Waals surface area contributed by atoms with Crippen LogP contribution in [0.15, 0.2) is 36.4 Å². The van der Waals surface area contributed by atoms with E-state index in [-0.39, 0.29) is 27.1 Å². The average molecular weight is 324 g/mol. The third-order valence-electron chi connectivity index (χ3n) is 2.80. The second-order valence-electron chi connectivity index (χ2n) is 3.99. The van der Waals surface area contributed by atoms with Crippen LogP contribution >= 0.6 is 0 Å². The van der Waals surface area contributed by atoms with Crippen molar-refractivity contribution in [3.8, 4) is 0 Å². The SMILES string of the molecule is Fc1cccc(F)c1CNc1cccc2n[se]nc12. The van der Waals surface area contributed by atoms with Gasteiger partial charge in [-0.3, -0.25) is 0 Å². The van der Waals surface area contributed by atoms with Crippen molar-refractivity contribution in [2.45, 2.75) is 6.54 Å². The van der Waals surface area contributed by atoms with Crippen molar-refractivity contribution in [3.05, 3.63) is 53.6 Å². The summed E-state index contributed by atoms with van der Waals surface area (Å²) in [6.45, 7) is 0.0808. The third kappa shape index (κ3) is 2.37. The third-order valence-corrected chi connectivity index (χ3v) is 3.94. The van der Waals surface area contributed by atoms with Crippen LogP contribution in [0.3, 0.4) is 0 Å². The zero-order chi connectivity index (χ0) is 13.2. The van der Waals surface area contributed by atoms with E-state index < -0.39 is 11.6 Å². The van der Waals surface area contributed by atoms with Gasteiger partial charge in [0.15, 0.2) is 0 Å². The minimum absolute atomic E-state index is 0.0283. The number of benzene rings is 2. The maximum atomic E-state index is 13.5. The summed E-state index contributed by atoms with van der Waals surface area (Å²) >= 11 is -0.122. The molecule has 0 unspecified atom stereocenters. The van der Waals surface area contributed by atoms with Gasteiger partial charge in [-0.2, -0.15) is 0 Å². The Bertz CT molecular complexity index is 706. The van der Waals surface area contributed by atoms with Gasteiger partial charge in [0.1, 0.15) is 0 Å². The summed E-state index contributed by atoms with van der Waals surface area (Å²) in [4.78, 5) is 0. The van der Waals surface area contributed by atoms with E-state index >= 15 is 0 Å². The minimum atomic E-state index is -0.550. The Kier molecular flexibility index (Phi) is 3.27. The molecule has 0 saturated heterocycles. The van der Waals surface area contributed by atoms with E-state index in [9.17, 15) is 8.78 Å². The number of anilines is 1. The Morgan fingerprint density at radius 2 is 1.74 bits per heavy atom. The Labute approximate surface area is 114 Å². The Morgan fingerprint density at radius 1 is 1.00 bits per heavy atom. The molecule has 0 atom stereocenters. The van der Waals surface area contributed by atoms with Gasteiger partial charge in [0.2, 0.25) is 0 Å². The fraction of sp³-hybridized carbons (Fsp3) is 0.0769. The molecular weight excluding hydrogens is 315 g/mol. The summed E-state index contributed by atoms with van der Waals surface area (Å²) in [5, 5.41) is 3.02. The van der Waals surface area contributed by atoms with Crippen LogP contribution in [0.25, 0.3) is 11.0 Å². The van der Waals surface area contributed by atoms with E-state index in [0.717, 1.165) is 16.7 Å². The summed E-state index contributed by atoms with van der Waals surface area (Å²) in [6.07, 6.45) is 0. The number of rotatable bonds is 3. The second kappa shape index (κ2) is 5.07. The maximum absolute atomic E-state index is 13.5. The first-order valence-corrected chi connectivity index (χ1v) is 7.17. The molecule has 1 aromatic heterocycles. The van der Waals surface area contributed by atoms with E-state index in [2.05, 4.69) is 13.3 Å². The van der Waals surface area contributed by atoms with Crippen molar-refractivity contribution < 1.29 is 8.78 Å². The molecule has 96 valence electrons. The number of nitrogens with one attached hydrogen (secondary N) is 1. The molecule has 1 heterocycles. The van der Waals surface area contributed by atoms with E-state index in [1.807, 2.05) is 18.2 Å². The molecule has 0 radical (unpaired) electrons. The first-order chi connectivity index (χ1) is 9.25. The molecule has 1 N–H and O–H groups in total. The number of fused-ring (bicyclic) bond motifs is 1. The summed E-state index contributed by atoms with van der Waals surface area (Å²) < 4.78 is 35.6. The average Bonchev–Trinajstić information content (AvgIpc) is 2.87. The predicted molar refractivity (Wildman–Crippen MR) is 70.2 cm³/mol. The molecule has 0 bridgehead atoms. The number of nitrogens with zero attached hydrogens (tertiary/aromatic N) is 2. The molecule has 19 heavy (non-hydrogen) atoms. The van der Waals surface area contributed by atoms with Crippen molar-refractivity contribution in [2.75, 3.05) is 5.32 Å². The standard InChI is InChI=1S/C13H9F2N3Se/c14-9-3-1-4-10(15)8(9)7-16-11-5-2-6-12-13(11)18-19-17-12/h1-6,16H,7H2. The van der Waals surface area contributed by atoms with Crippen molar-refractivity contribution in [1.82, 2.24) is 7.96 Å². The van der Waals surface area contributed by atoms with E-state index in [0.29, 0.717) is 0 Å². The van der Waals surface area contributed by atoms with Gasteiger partial charge < -0.3 is 0 Å². The van der Waals surface area contributed by atoms with Crippen LogP contribution in [0.1, 0.15) is 5.56 Å². The van der Waals surface area contributed by atoms with Gasteiger partial charge in [-0.05, 0) is 0 Å². The van der Waals surface area contributed by atoms with Crippen molar-refractivity contribution in [1.29, 1.82) is 0 Å². The van der Waals surface area contributed by atoms with E-state index in [4.69, 9.17) is 0 Å². The number of hydrogen-bond acceptors (Lipinski definition) is 3. The monoisotopic (exact) mass is 325 g/mol. The fourth-order valence-corrected chi connectivity index (χ4v) is 2.99. The Morgan fingerprint density at radius 3 is 2.53 bits per heavy atom. The summed E-state index contributed by atoms with van der Waals surface area (Å²) in [5.74, 6) is -1.10. The molecule has 0 aliphatic carbocycles. The Balaban J connectivity index is 1.88. The second-order valence-corrected chi connectivity index (χ2v) is 5.10. The van der Waals surface area contributed by atoms with Gasteiger partial charge in [-0.1, -0.05) is 0 Å². The van der Waals surface area contributed by atoms with Gasteiger partial charge in [-0.15, -0.1) is 0 Å². The molecule has 6 heteroatoms. The molecule has 0 aliphatic rings. The van der Waals surface area contributed by atoms with Crippen molar-refractivity contribution in [2.24, 2.45) is 0 Å². The van der Waals surface area contributed by atoms with Crippen LogP contribution in [0, 0.1) is 11.6 Å². The van der Waals surface area contributed by atoms with Crippen LogP contribution in [0.2, 0.25) is 0 Å². The van der Waals surface area contributed by atoms with Gasteiger partial charge >= 0.3 is 114 Å². The van der Waals surface area contributed by atoms with Crippen LogP contribution in [0.5, 0.6) is 0 Å². The molecule has 3 rings (SSSR count). The van der Waals surface area contributed by atoms with Crippen LogP contribution in [0.4, 0.5) is 14.5 Å². The quantitative estimate of drug-likeness (QED) is 0.753. The van der Waals surface area contributed by atoms with Gasteiger partial charge in [0.05, 0.1) is 0 Å². The zero-order valence-electron chi connectivity index (χ0n) is 9.73. The predicted octanol–water partition coefficient (Wildman–Crippen LogP) is 2.58. The van der Waals surface area contributed by atoms with Crippen LogP contribution in [-0.2, 0) is 6.54 Å². The van der Waals surface area contributed by atoms with Gasteiger partial charge in [0.25, 0.3) is 0 Å². The first-order valence-electron chi connectivity index (χ1n) is 5.64. The molecule has 0 aliphatic heterocycles. The normalized spacial score (nSPS) is 10.8. The number of halogens is 2. The summed E-state index contributed by atoms with van der Waals surface area (Å²) in [5.41, 5.74) is 2.39. The summed E-state index contributed by atoms with van der Waals surface area (Å²) in [7, 11) is 0. The van der Waals surface area contributed by atoms with Gasteiger partial charge in [0, 0.05) is 0 Å². The Hall–Kier alpha value is -1.78. The van der Waals surface area contributed by atoms with Crippen LogP contribution < -0.4 is 5.32 Å². The van der Waals surface area contributed by atoms with E-state index in [1.54, 1.807) is 0 Å². The molecule has 0 saturated carbocycles. The van der Waals surface area contributed by atoms with Gasteiger partial charge in [-0.25, -0.2) is 0 Å². The van der Waals surface area contributed by atoms with Crippen LogP contribution in [-0.4, -0.2) is 22.9 Å². The van der Waals surface area contributed by atoms with Crippen molar-refractivity contribution >= 4 is 31.7 Å². The molecular formula is C13H9F2N3Se. The molecule has 0 amide bonds. The van der Waals surface area contributed by atoms with Crippen molar-refractivity contribution in [3.63, 3.8) is 0 Å².